The Balaban J connectivity index is 1.68. The van der Waals surface area contributed by atoms with Crippen LogP contribution in [0.2, 0.25) is 0 Å². The van der Waals surface area contributed by atoms with E-state index in [0.29, 0.717) is 0 Å². The SMILES string of the molecule is Brc1cscc1CCCN1CCOCC1. The summed E-state index contributed by atoms with van der Waals surface area (Å²) in [6.45, 7) is 5.21. The van der Waals surface area contributed by atoms with Gasteiger partial charge in [0.2, 0.25) is 0 Å². The molecule has 1 aliphatic heterocycles. The Morgan fingerprint density at radius 1 is 1.33 bits per heavy atom. The maximum Gasteiger partial charge on any atom is 0.0594 e. The van der Waals surface area contributed by atoms with Crippen molar-refractivity contribution < 1.29 is 4.74 Å². The molecule has 4 heteroatoms. The van der Waals surface area contributed by atoms with E-state index in [9.17, 15) is 0 Å². The first kappa shape index (κ1) is 11.6. The van der Waals surface area contributed by atoms with Crippen LogP contribution < -0.4 is 0 Å². The van der Waals surface area contributed by atoms with E-state index in [1.165, 1.54) is 29.4 Å². The van der Waals surface area contributed by atoms with Gasteiger partial charge in [-0.2, -0.15) is 11.3 Å². The zero-order valence-corrected chi connectivity index (χ0v) is 11.1. The van der Waals surface area contributed by atoms with Crippen molar-refractivity contribution in [1.29, 1.82) is 0 Å². The lowest BCUT2D eigenvalue weighted by Gasteiger charge is -2.26. The van der Waals surface area contributed by atoms with Crippen molar-refractivity contribution in [3.8, 4) is 0 Å². The van der Waals surface area contributed by atoms with Gasteiger partial charge >= 0.3 is 0 Å². The van der Waals surface area contributed by atoms with Gasteiger partial charge in [0, 0.05) is 22.9 Å². The predicted molar refractivity (Wildman–Crippen MR) is 67.6 cm³/mol. The lowest BCUT2D eigenvalue weighted by Crippen LogP contribution is -2.36. The molecule has 1 aromatic rings. The lowest BCUT2D eigenvalue weighted by atomic mass is 10.2. The van der Waals surface area contributed by atoms with Crippen LogP contribution >= 0.6 is 27.3 Å². The summed E-state index contributed by atoms with van der Waals surface area (Å²) in [5.41, 5.74) is 1.45. The molecule has 0 spiro atoms. The van der Waals surface area contributed by atoms with Crippen LogP contribution in [-0.4, -0.2) is 37.7 Å². The molecule has 0 bridgehead atoms. The Labute approximate surface area is 103 Å². The number of halogens is 1. The summed E-state index contributed by atoms with van der Waals surface area (Å²) in [7, 11) is 0. The summed E-state index contributed by atoms with van der Waals surface area (Å²) in [6.07, 6.45) is 2.43. The van der Waals surface area contributed by atoms with Crippen LogP contribution in [0.1, 0.15) is 12.0 Å². The fourth-order valence-electron chi connectivity index (χ4n) is 1.80. The predicted octanol–water partition coefficient (Wildman–Crippen LogP) is 2.78. The van der Waals surface area contributed by atoms with Crippen LogP contribution in [-0.2, 0) is 11.2 Å². The van der Waals surface area contributed by atoms with Crippen molar-refractivity contribution >= 4 is 27.3 Å². The second kappa shape index (κ2) is 5.99. The highest BCUT2D eigenvalue weighted by Gasteiger charge is 2.09. The van der Waals surface area contributed by atoms with E-state index in [1.807, 2.05) is 0 Å². The number of nitrogens with zero attached hydrogens (tertiary/aromatic N) is 1. The number of hydrogen-bond donors (Lipinski definition) is 0. The molecule has 0 amide bonds. The third-order valence-corrected chi connectivity index (χ3v) is 4.55. The maximum atomic E-state index is 5.32. The van der Waals surface area contributed by atoms with Gasteiger partial charge in [-0.05, 0) is 46.3 Å². The molecule has 2 rings (SSSR count). The zero-order valence-electron chi connectivity index (χ0n) is 8.75. The zero-order chi connectivity index (χ0) is 10.5. The van der Waals surface area contributed by atoms with Crippen LogP contribution in [0.15, 0.2) is 15.2 Å². The molecule has 15 heavy (non-hydrogen) atoms. The average molecular weight is 290 g/mol. The standard InChI is InChI=1S/C11H16BrNOS/c12-11-9-15-8-10(11)2-1-3-13-4-6-14-7-5-13/h8-9H,1-7H2. The van der Waals surface area contributed by atoms with E-state index in [1.54, 1.807) is 11.3 Å². The van der Waals surface area contributed by atoms with Gasteiger partial charge in [0.25, 0.3) is 0 Å². The minimum absolute atomic E-state index is 0.905. The summed E-state index contributed by atoms with van der Waals surface area (Å²) < 4.78 is 6.60. The largest absolute Gasteiger partial charge is 0.379 e. The van der Waals surface area contributed by atoms with Crippen LogP contribution in [0.5, 0.6) is 0 Å². The topological polar surface area (TPSA) is 12.5 Å². The van der Waals surface area contributed by atoms with E-state index in [4.69, 9.17) is 4.74 Å². The average Bonchev–Trinajstić information content (AvgIpc) is 2.66. The molecule has 0 radical (unpaired) electrons. The second-order valence-electron chi connectivity index (χ2n) is 3.80. The summed E-state index contributed by atoms with van der Waals surface area (Å²) in [6, 6.07) is 0. The van der Waals surface area contributed by atoms with E-state index in [0.717, 1.165) is 26.3 Å². The Kier molecular flexibility index (Phi) is 4.62. The summed E-state index contributed by atoms with van der Waals surface area (Å²) >= 11 is 5.34. The van der Waals surface area contributed by atoms with Crippen molar-refractivity contribution in [2.45, 2.75) is 12.8 Å². The number of rotatable bonds is 4. The minimum atomic E-state index is 0.905. The van der Waals surface area contributed by atoms with Gasteiger partial charge in [0.05, 0.1) is 13.2 Å². The first-order chi connectivity index (χ1) is 7.36. The Hall–Kier alpha value is 0.1000. The van der Waals surface area contributed by atoms with Gasteiger partial charge < -0.3 is 4.74 Å². The smallest absolute Gasteiger partial charge is 0.0594 e. The third-order valence-electron chi connectivity index (χ3n) is 2.71. The molecule has 0 aromatic carbocycles. The molecule has 0 atom stereocenters. The first-order valence-corrected chi connectivity index (χ1v) is 7.10. The van der Waals surface area contributed by atoms with Gasteiger partial charge in [-0.15, -0.1) is 0 Å². The summed E-state index contributed by atoms with van der Waals surface area (Å²) in [5.74, 6) is 0. The van der Waals surface area contributed by atoms with Crippen LogP contribution in [0, 0.1) is 0 Å². The van der Waals surface area contributed by atoms with Gasteiger partial charge in [-0.1, -0.05) is 0 Å². The number of morpholine rings is 1. The molecular weight excluding hydrogens is 274 g/mol. The molecule has 0 aliphatic carbocycles. The molecule has 0 N–H and O–H groups in total. The Bertz CT molecular complexity index is 297. The minimum Gasteiger partial charge on any atom is -0.379 e. The van der Waals surface area contributed by atoms with Gasteiger partial charge in [-0.3, -0.25) is 4.90 Å². The third kappa shape index (κ3) is 3.55. The monoisotopic (exact) mass is 289 g/mol. The first-order valence-electron chi connectivity index (χ1n) is 5.37. The van der Waals surface area contributed by atoms with Crippen LogP contribution in [0.25, 0.3) is 0 Å². The molecule has 2 heterocycles. The highest BCUT2D eigenvalue weighted by atomic mass is 79.9. The molecule has 1 fully saturated rings. The molecule has 0 saturated carbocycles. The van der Waals surface area contributed by atoms with Crippen molar-refractivity contribution in [2.24, 2.45) is 0 Å². The van der Waals surface area contributed by atoms with Crippen molar-refractivity contribution in [2.75, 3.05) is 32.8 Å². The molecule has 84 valence electrons. The van der Waals surface area contributed by atoms with Crippen LogP contribution in [0.3, 0.4) is 0 Å². The Morgan fingerprint density at radius 3 is 2.80 bits per heavy atom. The fraction of sp³-hybridized carbons (Fsp3) is 0.636. The van der Waals surface area contributed by atoms with Gasteiger partial charge in [-0.25, -0.2) is 0 Å². The highest BCUT2D eigenvalue weighted by molar-refractivity contribution is 9.10. The highest BCUT2D eigenvalue weighted by Crippen LogP contribution is 2.22. The van der Waals surface area contributed by atoms with Crippen molar-refractivity contribution in [3.05, 3.63) is 20.8 Å². The normalized spacial score (nSPS) is 18.2. The lowest BCUT2D eigenvalue weighted by molar-refractivity contribution is 0.0374. The van der Waals surface area contributed by atoms with E-state index >= 15 is 0 Å². The van der Waals surface area contributed by atoms with Gasteiger partial charge in [0.1, 0.15) is 0 Å². The Morgan fingerprint density at radius 2 is 2.13 bits per heavy atom. The van der Waals surface area contributed by atoms with Crippen molar-refractivity contribution in [3.63, 3.8) is 0 Å². The number of hydrogen-bond acceptors (Lipinski definition) is 3. The molecule has 1 saturated heterocycles. The summed E-state index contributed by atoms with van der Waals surface area (Å²) in [5, 5.41) is 4.40. The van der Waals surface area contributed by atoms with E-state index in [-0.39, 0.29) is 0 Å². The molecule has 1 aromatic heterocycles. The maximum absolute atomic E-state index is 5.32. The summed E-state index contributed by atoms with van der Waals surface area (Å²) in [4.78, 5) is 2.49. The number of aryl methyl sites for hydroxylation is 1. The molecular formula is C11H16BrNOS. The van der Waals surface area contributed by atoms with Gasteiger partial charge in [0.15, 0.2) is 0 Å². The molecule has 0 unspecified atom stereocenters. The molecule has 2 nitrogen and oxygen atoms in total. The van der Waals surface area contributed by atoms with E-state index < -0.39 is 0 Å². The van der Waals surface area contributed by atoms with E-state index in [2.05, 4.69) is 31.6 Å². The molecule has 1 aliphatic rings. The fourth-order valence-corrected chi connectivity index (χ4v) is 3.34. The number of thiophene rings is 1. The quantitative estimate of drug-likeness (QED) is 0.845. The number of ether oxygens (including phenoxy) is 1. The van der Waals surface area contributed by atoms with Crippen LogP contribution in [0.4, 0.5) is 0 Å². The van der Waals surface area contributed by atoms with Crippen molar-refractivity contribution in [1.82, 2.24) is 4.90 Å². The second-order valence-corrected chi connectivity index (χ2v) is 5.40.